The Morgan fingerprint density at radius 1 is 1.41 bits per heavy atom. The zero-order valence-electron chi connectivity index (χ0n) is 9.77. The average molecular weight is 312 g/mol. The molecule has 0 fully saturated rings. The third-order valence-electron chi connectivity index (χ3n) is 2.41. The van der Waals surface area contributed by atoms with Gasteiger partial charge in [-0.1, -0.05) is 22.0 Å². The Bertz CT molecular complexity index is 537. The Morgan fingerprint density at radius 3 is 2.76 bits per heavy atom. The number of nitrogens with zero attached hydrogens (tertiary/aromatic N) is 2. The number of hydrogen-bond donors (Lipinski definition) is 1. The van der Waals surface area contributed by atoms with Gasteiger partial charge in [-0.25, -0.2) is 0 Å². The normalized spacial score (nSPS) is 10.8. The van der Waals surface area contributed by atoms with Gasteiger partial charge in [-0.2, -0.15) is 5.10 Å². The lowest BCUT2D eigenvalue weighted by molar-refractivity contribution is 0.692. The van der Waals surface area contributed by atoms with E-state index in [1.54, 1.807) is 11.8 Å². The Morgan fingerprint density at radius 2 is 2.18 bits per heavy atom. The molecule has 1 aromatic heterocycles. The molecule has 0 aliphatic carbocycles. The predicted octanol–water partition coefficient (Wildman–Crippen LogP) is 3.37. The van der Waals surface area contributed by atoms with Crippen molar-refractivity contribution in [3.63, 3.8) is 0 Å². The summed E-state index contributed by atoms with van der Waals surface area (Å²) in [6.45, 7) is 2.00. The fraction of sp³-hybridized carbons (Fsp3) is 0.250. The Balaban J connectivity index is 2.10. The molecule has 17 heavy (non-hydrogen) atoms. The molecule has 0 amide bonds. The molecule has 0 saturated carbocycles. The second-order valence-corrected chi connectivity index (χ2v) is 5.74. The van der Waals surface area contributed by atoms with Gasteiger partial charge in [-0.05, 0) is 30.7 Å². The molecule has 0 radical (unpaired) electrons. The minimum atomic E-state index is 0.780. The summed E-state index contributed by atoms with van der Waals surface area (Å²) in [6.07, 6.45) is 0. The highest BCUT2D eigenvalue weighted by atomic mass is 79.9. The summed E-state index contributed by atoms with van der Waals surface area (Å²) in [5, 5.41) is 5.50. The van der Waals surface area contributed by atoms with E-state index >= 15 is 0 Å². The zero-order valence-corrected chi connectivity index (χ0v) is 12.2. The number of aromatic nitrogens is 2. The zero-order chi connectivity index (χ0) is 12.4. The highest BCUT2D eigenvalue weighted by molar-refractivity contribution is 9.10. The van der Waals surface area contributed by atoms with Crippen LogP contribution in [0.3, 0.4) is 0 Å². The van der Waals surface area contributed by atoms with Crippen LogP contribution in [0.4, 0.5) is 5.69 Å². The number of halogens is 1. The van der Waals surface area contributed by atoms with Crippen molar-refractivity contribution >= 4 is 33.4 Å². The van der Waals surface area contributed by atoms with E-state index in [0.717, 1.165) is 21.6 Å². The molecule has 0 unspecified atom stereocenters. The first-order chi connectivity index (χ1) is 8.06. The van der Waals surface area contributed by atoms with Crippen molar-refractivity contribution in [3.8, 4) is 0 Å². The van der Waals surface area contributed by atoms with E-state index < -0.39 is 0 Å². The van der Waals surface area contributed by atoms with E-state index in [4.69, 9.17) is 5.73 Å². The van der Waals surface area contributed by atoms with E-state index in [9.17, 15) is 0 Å². The molecule has 0 atom stereocenters. The molecule has 3 nitrogen and oxygen atoms in total. The highest BCUT2D eigenvalue weighted by Crippen LogP contribution is 2.28. The number of rotatable bonds is 3. The Hall–Kier alpha value is -0.940. The average Bonchev–Trinajstić information content (AvgIpc) is 2.56. The summed E-state index contributed by atoms with van der Waals surface area (Å²) < 4.78 is 2.97. The number of hydrogen-bond acceptors (Lipinski definition) is 3. The van der Waals surface area contributed by atoms with Crippen LogP contribution in [0.1, 0.15) is 11.3 Å². The third-order valence-corrected chi connectivity index (χ3v) is 4.28. The van der Waals surface area contributed by atoms with Crippen molar-refractivity contribution in [1.82, 2.24) is 9.78 Å². The summed E-state index contributed by atoms with van der Waals surface area (Å²) in [7, 11) is 1.97. The van der Waals surface area contributed by atoms with Crippen LogP contribution in [0.5, 0.6) is 0 Å². The topological polar surface area (TPSA) is 43.8 Å². The summed E-state index contributed by atoms with van der Waals surface area (Å²) in [4.78, 5) is 0. The maximum Gasteiger partial charge on any atom is 0.0942 e. The van der Waals surface area contributed by atoms with Gasteiger partial charge < -0.3 is 5.73 Å². The maximum absolute atomic E-state index is 5.71. The van der Waals surface area contributed by atoms with Crippen LogP contribution in [0.15, 0.2) is 33.8 Å². The van der Waals surface area contributed by atoms with Crippen molar-refractivity contribution in [2.75, 3.05) is 5.73 Å². The molecule has 2 aromatic rings. The molecule has 2 rings (SSSR count). The number of anilines is 1. The van der Waals surface area contributed by atoms with Gasteiger partial charge in [0.15, 0.2) is 0 Å². The fourth-order valence-corrected chi connectivity index (χ4v) is 3.31. The quantitative estimate of drug-likeness (QED) is 0.698. The van der Waals surface area contributed by atoms with Gasteiger partial charge in [-0.15, -0.1) is 11.8 Å². The van der Waals surface area contributed by atoms with Crippen LogP contribution in [0.25, 0.3) is 0 Å². The SMILES string of the molecule is Cc1cc(SCc2ccc(N)cc2Br)n(C)n1. The van der Waals surface area contributed by atoms with Crippen molar-refractivity contribution in [1.29, 1.82) is 0 Å². The third kappa shape index (κ3) is 3.04. The molecule has 1 aromatic carbocycles. The summed E-state index contributed by atoms with van der Waals surface area (Å²) in [6, 6.07) is 8.01. The van der Waals surface area contributed by atoms with E-state index in [2.05, 4.69) is 33.2 Å². The van der Waals surface area contributed by atoms with E-state index in [0.29, 0.717) is 0 Å². The molecule has 5 heteroatoms. The number of benzene rings is 1. The van der Waals surface area contributed by atoms with Gasteiger partial charge in [0.1, 0.15) is 0 Å². The highest BCUT2D eigenvalue weighted by Gasteiger charge is 2.05. The van der Waals surface area contributed by atoms with E-state index in [1.165, 1.54) is 10.6 Å². The van der Waals surface area contributed by atoms with Crippen LogP contribution < -0.4 is 5.73 Å². The fourth-order valence-electron chi connectivity index (χ4n) is 1.55. The minimum Gasteiger partial charge on any atom is -0.399 e. The largest absolute Gasteiger partial charge is 0.399 e. The van der Waals surface area contributed by atoms with Crippen LogP contribution >= 0.6 is 27.7 Å². The van der Waals surface area contributed by atoms with Crippen molar-refractivity contribution < 1.29 is 0 Å². The molecule has 0 spiro atoms. The first kappa shape index (κ1) is 12.5. The van der Waals surface area contributed by atoms with Gasteiger partial charge >= 0.3 is 0 Å². The van der Waals surface area contributed by atoms with E-state index in [1.807, 2.05) is 30.8 Å². The summed E-state index contributed by atoms with van der Waals surface area (Å²) in [5.74, 6) is 0.903. The minimum absolute atomic E-state index is 0.780. The van der Waals surface area contributed by atoms with Crippen LogP contribution in [0, 0.1) is 6.92 Å². The van der Waals surface area contributed by atoms with Gasteiger partial charge in [-0.3, -0.25) is 4.68 Å². The summed E-state index contributed by atoms with van der Waals surface area (Å²) in [5.41, 5.74) is 8.78. The first-order valence-corrected chi connectivity index (χ1v) is 7.01. The number of thioether (sulfide) groups is 1. The Kier molecular flexibility index (Phi) is 3.79. The number of nitrogens with two attached hydrogens (primary N) is 1. The smallest absolute Gasteiger partial charge is 0.0942 e. The molecule has 0 aliphatic heterocycles. The molecule has 0 aliphatic rings. The molecule has 0 saturated heterocycles. The van der Waals surface area contributed by atoms with E-state index in [-0.39, 0.29) is 0 Å². The van der Waals surface area contributed by atoms with Crippen molar-refractivity contribution in [2.24, 2.45) is 7.05 Å². The van der Waals surface area contributed by atoms with Crippen molar-refractivity contribution in [3.05, 3.63) is 40.0 Å². The van der Waals surface area contributed by atoms with Gasteiger partial charge in [0, 0.05) is 23.0 Å². The lowest BCUT2D eigenvalue weighted by Crippen LogP contribution is -1.93. The number of aryl methyl sites for hydroxylation is 2. The van der Waals surface area contributed by atoms with Crippen molar-refractivity contribution in [2.45, 2.75) is 17.7 Å². The molecule has 2 N–H and O–H groups in total. The molecule has 1 heterocycles. The van der Waals surface area contributed by atoms with Crippen LogP contribution in [-0.4, -0.2) is 9.78 Å². The Labute approximate surface area is 114 Å². The molecule has 90 valence electrons. The first-order valence-electron chi connectivity index (χ1n) is 5.23. The van der Waals surface area contributed by atoms with Gasteiger partial charge in [0.25, 0.3) is 0 Å². The molecule has 0 bridgehead atoms. The second-order valence-electron chi connectivity index (χ2n) is 3.89. The monoisotopic (exact) mass is 311 g/mol. The molecular formula is C12H14BrN3S. The number of nitrogen functional groups attached to an aromatic ring is 1. The van der Waals surface area contributed by atoms with Crippen LogP contribution in [0.2, 0.25) is 0 Å². The van der Waals surface area contributed by atoms with Gasteiger partial charge in [0.2, 0.25) is 0 Å². The lowest BCUT2D eigenvalue weighted by Gasteiger charge is -2.05. The molecular weight excluding hydrogens is 298 g/mol. The summed E-state index contributed by atoms with van der Waals surface area (Å²) >= 11 is 5.30. The maximum atomic E-state index is 5.71. The lowest BCUT2D eigenvalue weighted by atomic mass is 10.2. The predicted molar refractivity (Wildman–Crippen MR) is 76.1 cm³/mol. The second kappa shape index (κ2) is 5.14. The van der Waals surface area contributed by atoms with Crippen LogP contribution in [-0.2, 0) is 12.8 Å². The standard InChI is InChI=1S/C12H14BrN3S/c1-8-5-12(16(2)15-8)17-7-9-3-4-10(14)6-11(9)13/h3-6H,7,14H2,1-2H3. The van der Waals surface area contributed by atoms with Gasteiger partial charge in [0.05, 0.1) is 10.7 Å².